The van der Waals surface area contributed by atoms with Crippen molar-refractivity contribution < 1.29 is 13.2 Å². The van der Waals surface area contributed by atoms with Crippen LogP contribution in [-0.4, -0.2) is 29.2 Å². The summed E-state index contributed by atoms with van der Waals surface area (Å²) in [4.78, 5) is 2.09. The number of ether oxygens (including phenoxy) is 1. The molecule has 0 amide bonds. The molecule has 0 atom stereocenters. The first kappa shape index (κ1) is 10.3. The van der Waals surface area contributed by atoms with Crippen LogP contribution in [0.5, 0.6) is 5.75 Å². The summed E-state index contributed by atoms with van der Waals surface area (Å²) in [5, 5.41) is 0. The van der Waals surface area contributed by atoms with Crippen LogP contribution in [0.1, 0.15) is 0 Å². The average molecular weight is 228 g/mol. The molecule has 0 bridgehead atoms. The summed E-state index contributed by atoms with van der Waals surface area (Å²) in [6.07, 6.45) is 0. The number of methoxy groups -OCH3 is 1. The molecule has 0 radical (unpaired) electrons. The van der Waals surface area contributed by atoms with E-state index in [0.29, 0.717) is 18.1 Å². The van der Waals surface area contributed by atoms with Crippen molar-refractivity contribution >= 4 is 15.7 Å². The Bertz CT molecular complexity index is 484. The third kappa shape index (κ3) is 1.66. The number of benzene rings is 1. The zero-order chi connectivity index (χ0) is 11.1. The van der Waals surface area contributed by atoms with Crippen LogP contribution in [0, 0.1) is 0 Å². The molecule has 1 heterocycles. The summed E-state index contributed by atoms with van der Waals surface area (Å²) < 4.78 is 30.8. The van der Waals surface area contributed by atoms with Crippen molar-refractivity contribution in [3.63, 3.8) is 0 Å². The molecule has 2 rings (SSSR count). The van der Waals surface area contributed by atoms with Gasteiger partial charge in [-0.25, -0.2) is 8.42 Å². The quantitative estimate of drug-likeness (QED) is 0.755. The maximum atomic E-state index is 11.7. The Morgan fingerprint density at radius 1 is 1.47 bits per heavy atom. The summed E-state index contributed by atoms with van der Waals surface area (Å²) in [5.41, 5.74) is 0.689. The van der Waals surface area contributed by atoms with Crippen LogP contribution in [0.3, 0.4) is 0 Å². The van der Waals surface area contributed by atoms with E-state index in [1.165, 1.54) is 13.2 Å². The maximum Gasteiger partial charge on any atom is 0.244 e. The lowest BCUT2D eigenvalue weighted by Gasteiger charge is -2.27. The highest BCUT2D eigenvalue weighted by molar-refractivity contribution is 7.89. The number of rotatable bonds is 1. The molecule has 1 aromatic rings. The number of fused-ring (bicyclic) bond motifs is 1. The second-order valence-corrected chi connectivity index (χ2v) is 5.07. The third-order valence-corrected chi connectivity index (χ3v) is 3.77. The van der Waals surface area contributed by atoms with Gasteiger partial charge in [0.2, 0.25) is 10.0 Å². The fourth-order valence-corrected chi connectivity index (χ4v) is 2.79. The molecule has 0 fully saturated rings. The molecule has 5 nitrogen and oxygen atoms in total. The molecular weight excluding hydrogens is 216 g/mol. The predicted molar refractivity (Wildman–Crippen MR) is 56.6 cm³/mol. The van der Waals surface area contributed by atoms with Crippen LogP contribution in [0.4, 0.5) is 5.69 Å². The van der Waals surface area contributed by atoms with Crippen molar-refractivity contribution in [3.8, 4) is 5.75 Å². The number of hydrogen-bond acceptors (Lipinski definition) is 4. The van der Waals surface area contributed by atoms with Gasteiger partial charge in [-0.05, 0) is 12.1 Å². The fraction of sp³-hybridized carbons (Fsp3) is 0.333. The molecule has 82 valence electrons. The van der Waals surface area contributed by atoms with Crippen molar-refractivity contribution in [1.29, 1.82) is 0 Å². The van der Waals surface area contributed by atoms with Gasteiger partial charge in [-0.1, -0.05) is 0 Å². The molecule has 1 aliphatic heterocycles. The Morgan fingerprint density at radius 3 is 2.87 bits per heavy atom. The summed E-state index contributed by atoms with van der Waals surface area (Å²) in [7, 11) is -0.0446. The van der Waals surface area contributed by atoms with Gasteiger partial charge in [-0.15, -0.1) is 0 Å². The molecule has 0 aliphatic carbocycles. The minimum Gasteiger partial charge on any atom is -0.497 e. The fourth-order valence-electron chi connectivity index (χ4n) is 1.50. The van der Waals surface area contributed by atoms with E-state index < -0.39 is 10.0 Å². The average Bonchev–Trinajstić information content (AvgIpc) is 2.24. The van der Waals surface area contributed by atoms with Crippen molar-refractivity contribution in [1.82, 2.24) is 4.72 Å². The summed E-state index contributed by atoms with van der Waals surface area (Å²) in [6.45, 7) is 0.293. The van der Waals surface area contributed by atoms with Crippen LogP contribution in [0.15, 0.2) is 23.1 Å². The Balaban J connectivity index is 2.64. The highest BCUT2D eigenvalue weighted by Crippen LogP contribution is 2.30. The van der Waals surface area contributed by atoms with Crippen LogP contribution >= 0.6 is 0 Å². The van der Waals surface area contributed by atoms with E-state index in [0.717, 1.165) is 0 Å². The van der Waals surface area contributed by atoms with Gasteiger partial charge < -0.3 is 9.64 Å². The minimum atomic E-state index is -3.38. The largest absolute Gasteiger partial charge is 0.497 e. The Kier molecular flexibility index (Phi) is 2.32. The van der Waals surface area contributed by atoms with Crippen molar-refractivity contribution in [2.24, 2.45) is 0 Å². The lowest BCUT2D eigenvalue weighted by molar-refractivity contribution is 0.413. The lowest BCUT2D eigenvalue weighted by atomic mass is 10.3. The molecule has 15 heavy (non-hydrogen) atoms. The molecule has 6 heteroatoms. The van der Waals surface area contributed by atoms with Gasteiger partial charge in [0.25, 0.3) is 0 Å². The molecule has 1 aliphatic rings. The highest BCUT2D eigenvalue weighted by atomic mass is 32.2. The molecule has 0 spiro atoms. The third-order valence-electron chi connectivity index (χ3n) is 2.36. The summed E-state index contributed by atoms with van der Waals surface area (Å²) in [6, 6.07) is 5.01. The molecule has 0 unspecified atom stereocenters. The molecule has 1 N–H and O–H groups in total. The maximum absolute atomic E-state index is 11.7. The van der Waals surface area contributed by atoms with Gasteiger partial charge in [-0.2, -0.15) is 4.72 Å². The van der Waals surface area contributed by atoms with Crippen LogP contribution in [-0.2, 0) is 10.0 Å². The first-order chi connectivity index (χ1) is 7.04. The summed E-state index contributed by atoms with van der Waals surface area (Å²) >= 11 is 0. The van der Waals surface area contributed by atoms with Gasteiger partial charge in [-0.3, -0.25) is 0 Å². The first-order valence-electron chi connectivity index (χ1n) is 4.43. The Hall–Kier alpha value is -1.27. The standard InChI is InChI=1S/C9H12N2O3S/c1-11-6-10-15(12,13)9-5-7(14-2)3-4-8(9)11/h3-5,10H,6H2,1-2H3. The van der Waals surface area contributed by atoms with E-state index in [9.17, 15) is 8.42 Å². The number of nitrogens with one attached hydrogen (secondary N) is 1. The zero-order valence-electron chi connectivity index (χ0n) is 8.52. The van der Waals surface area contributed by atoms with E-state index in [1.54, 1.807) is 12.1 Å². The predicted octanol–water partition coefficient (Wildman–Crippen LogP) is 0.381. The van der Waals surface area contributed by atoms with E-state index >= 15 is 0 Å². The first-order valence-corrected chi connectivity index (χ1v) is 5.92. The molecule has 1 aromatic carbocycles. The Labute approximate surface area is 88.7 Å². The normalized spacial score (nSPS) is 18.4. The SMILES string of the molecule is COc1ccc2c(c1)S(=O)(=O)NCN2C. The number of hydrogen-bond donors (Lipinski definition) is 1. The number of sulfonamides is 1. The highest BCUT2D eigenvalue weighted by Gasteiger charge is 2.26. The monoisotopic (exact) mass is 228 g/mol. The second kappa shape index (κ2) is 3.39. The van der Waals surface area contributed by atoms with E-state index in [4.69, 9.17) is 4.74 Å². The van der Waals surface area contributed by atoms with E-state index in [-0.39, 0.29) is 4.90 Å². The zero-order valence-corrected chi connectivity index (χ0v) is 9.34. The van der Waals surface area contributed by atoms with Crippen molar-refractivity contribution in [3.05, 3.63) is 18.2 Å². The van der Waals surface area contributed by atoms with E-state index in [2.05, 4.69) is 4.72 Å². The van der Waals surface area contributed by atoms with Gasteiger partial charge in [0.15, 0.2) is 0 Å². The smallest absolute Gasteiger partial charge is 0.244 e. The van der Waals surface area contributed by atoms with Crippen LogP contribution < -0.4 is 14.4 Å². The topological polar surface area (TPSA) is 58.6 Å². The molecule has 0 saturated carbocycles. The summed E-state index contributed by atoms with van der Waals surface area (Å²) in [5.74, 6) is 0.537. The second-order valence-electron chi connectivity index (χ2n) is 3.34. The van der Waals surface area contributed by atoms with Gasteiger partial charge in [0.1, 0.15) is 10.6 Å². The van der Waals surface area contributed by atoms with Crippen molar-refractivity contribution in [2.75, 3.05) is 25.7 Å². The minimum absolute atomic E-state index is 0.260. The van der Waals surface area contributed by atoms with E-state index in [1.807, 2.05) is 11.9 Å². The lowest BCUT2D eigenvalue weighted by Crippen LogP contribution is -2.40. The molecule has 0 aromatic heterocycles. The van der Waals surface area contributed by atoms with Crippen molar-refractivity contribution in [2.45, 2.75) is 4.90 Å². The molecular formula is C9H12N2O3S. The van der Waals surface area contributed by atoms with Crippen LogP contribution in [0.2, 0.25) is 0 Å². The van der Waals surface area contributed by atoms with Gasteiger partial charge in [0.05, 0.1) is 19.5 Å². The van der Waals surface area contributed by atoms with Gasteiger partial charge >= 0.3 is 0 Å². The number of anilines is 1. The molecule has 0 saturated heterocycles. The van der Waals surface area contributed by atoms with Crippen LogP contribution in [0.25, 0.3) is 0 Å². The Morgan fingerprint density at radius 2 is 2.20 bits per heavy atom. The van der Waals surface area contributed by atoms with Gasteiger partial charge in [0, 0.05) is 13.1 Å². The number of nitrogens with zero attached hydrogens (tertiary/aromatic N) is 1.